The summed E-state index contributed by atoms with van der Waals surface area (Å²) in [5, 5.41) is 0. The molecule has 0 rings (SSSR count). The van der Waals surface area contributed by atoms with Crippen LogP contribution in [0.1, 0.15) is 245 Å². The van der Waals surface area contributed by atoms with Gasteiger partial charge in [0.2, 0.25) is 0 Å². The summed E-state index contributed by atoms with van der Waals surface area (Å²) in [6, 6.07) is 0. The average Bonchev–Trinajstić information content (AvgIpc) is 3.22. The first-order chi connectivity index (χ1) is 28.5. The third-order valence-corrected chi connectivity index (χ3v) is 10.5. The SMILES string of the molecule is CC/C=C\C/C=C\CCCCCCCCCC(=O)OCC(COC(=O)CCCCCCC/C=C\CCCCC)OC(=O)CCCCC/C=C\CCCCCCCCC. The Morgan fingerprint density at radius 2 is 0.672 bits per heavy atom. The molecule has 0 aliphatic heterocycles. The Kier molecular flexibility index (Phi) is 44.9. The van der Waals surface area contributed by atoms with Crippen molar-refractivity contribution in [3.05, 3.63) is 48.6 Å². The van der Waals surface area contributed by atoms with Gasteiger partial charge in [0.25, 0.3) is 0 Å². The van der Waals surface area contributed by atoms with Crippen LogP contribution in [0.3, 0.4) is 0 Å². The number of rotatable bonds is 44. The maximum absolute atomic E-state index is 12.8. The molecule has 0 aromatic carbocycles. The third kappa shape index (κ3) is 44.5. The standard InChI is InChI=1S/C52H92O6/c1-4-7-10-13-16-19-22-25-27-30-33-36-39-42-45-51(54)57-48-49(47-56-50(53)44-41-38-35-32-29-24-21-18-15-12-9-6-3)58-52(55)46-43-40-37-34-31-28-26-23-20-17-14-11-8-5-2/h7,10,16,18-19,21,28,31,49H,4-6,8-9,11-15,17,20,22-27,29-30,32-48H2,1-3H3/b10-7-,19-16-,21-18-,31-28-. The van der Waals surface area contributed by atoms with E-state index in [0.717, 1.165) is 96.3 Å². The van der Waals surface area contributed by atoms with E-state index in [1.54, 1.807) is 0 Å². The van der Waals surface area contributed by atoms with Gasteiger partial charge in [-0.3, -0.25) is 14.4 Å². The number of hydrogen-bond acceptors (Lipinski definition) is 6. The van der Waals surface area contributed by atoms with Crippen molar-refractivity contribution in [2.75, 3.05) is 13.2 Å². The first-order valence-electron chi connectivity index (χ1n) is 24.6. The van der Waals surface area contributed by atoms with Crippen molar-refractivity contribution >= 4 is 17.9 Å². The van der Waals surface area contributed by atoms with E-state index in [1.807, 2.05) is 0 Å². The van der Waals surface area contributed by atoms with Crippen LogP contribution >= 0.6 is 0 Å². The van der Waals surface area contributed by atoms with Gasteiger partial charge in [0, 0.05) is 19.3 Å². The van der Waals surface area contributed by atoms with E-state index >= 15 is 0 Å². The summed E-state index contributed by atoms with van der Waals surface area (Å²) in [7, 11) is 0. The first-order valence-corrected chi connectivity index (χ1v) is 24.6. The molecule has 6 nitrogen and oxygen atoms in total. The molecule has 0 spiro atoms. The minimum atomic E-state index is -0.785. The van der Waals surface area contributed by atoms with Crippen LogP contribution in [-0.4, -0.2) is 37.2 Å². The molecule has 0 amide bonds. The maximum Gasteiger partial charge on any atom is 0.306 e. The molecule has 0 aromatic rings. The predicted molar refractivity (Wildman–Crippen MR) is 247 cm³/mol. The Bertz CT molecular complexity index is 1030. The summed E-state index contributed by atoms with van der Waals surface area (Å²) < 4.78 is 16.7. The molecular formula is C52H92O6. The van der Waals surface area contributed by atoms with Gasteiger partial charge in [0.1, 0.15) is 13.2 Å². The molecule has 0 saturated carbocycles. The van der Waals surface area contributed by atoms with E-state index in [4.69, 9.17) is 14.2 Å². The number of esters is 3. The molecular weight excluding hydrogens is 721 g/mol. The first kappa shape index (κ1) is 55.4. The van der Waals surface area contributed by atoms with E-state index in [9.17, 15) is 14.4 Å². The molecule has 0 aliphatic carbocycles. The monoisotopic (exact) mass is 813 g/mol. The number of ether oxygens (including phenoxy) is 3. The Labute approximate surface area is 358 Å². The van der Waals surface area contributed by atoms with E-state index in [1.165, 1.54) is 109 Å². The summed E-state index contributed by atoms with van der Waals surface area (Å²) in [6.45, 7) is 6.48. The Morgan fingerprint density at radius 3 is 1.10 bits per heavy atom. The van der Waals surface area contributed by atoms with Gasteiger partial charge < -0.3 is 14.2 Å². The second-order valence-corrected chi connectivity index (χ2v) is 16.3. The van der Waals surface area contributed by atoms with Gasteiger partial charge in [-0.25, -0.2) is 0 Å². The van der Waals surface area contributed by atoms with Crippen molar-refractivity contribution in [2.24, 2.45) is 0 Å². The van der Waals surface area contributed by atoms with Crippen molar-refractivity contribution in [2.45, 2.75) is 252 Å². The Morgan fingerprint density at radius 1 is 0.362 bits per heavy atom. The van der Waals surface area contributed by atoms with Gasteiger partial charge in [-0.1, -0.05) is 179 Å². The lowest BCUT2D eigenvalue weighted by molar-refractivity contribution is -0.167. The fraction of sp³-hybridized carbons (Fsp3) is 0.788. The zero-order valence-corrected chi connectivity index (χ0v) is 38.3. The number of allylic oxidation sites excluding steroid dienone is 8. The maximum atomic E-state index is 12.8. The highest BCUT2D eigenvalue weighted by Crippen LogP contribution is 2.14. The van der Waals surface area contributed by atoms with Gasteiger partial charge >= 0.3 is 17.9 Å². The third-order valence-electron chi connectivity index (χ3n) is 10.5. The molecule has 58 heavy (non-hydrogen) atoms. The van der Waals surface area contributed by atoms with Gasteiger partial charge in [-0.15, -0.1) is 0 Å². The minimum absolute atomic E-state index is 0.0855. The van der Waals surface area contributed by atoms with Crippen LogP contribution in [0.2, 0.25) is 0 Å². The molecule has 1 atom stereocenters. The smallest absolute Gasteiger partial charge is 0.306 e. The van der Waals surface area contributed by atoms with Gasteiger partial charge in [-0.05, 0) is 96.3 Å². The van der Waals surface area contributed by atoms with Crippen LogP contribution < -0.4 is 0 Å². The fourth-order valence-electron chi connectivity index (χ4n) is 6.82. The molecule has 0 fully saturated rings. The molecule has 0 aliphatic rings. The number of carbonyl (C=O) groups is 3. The lowest BCUT2D eigenvalue weighted by atomic mass is 10.1. The topological polar surface area (TPSA) is 78.9 Å². The van der Waals surface area contributed by atoms with Crippen LogP contribution in [-0.2, 0) is 28.6 Å². The molecule has 0 radical (unpaired) electrons. The normalized spacial score (nSPS) is 12.4. The van der Waals surface area contributed by atoms with E-state index in [-0.39, 0.29) is 31.1 Å². The highest BCUT2D eigenvalue weighted by molar-refractivity contribution is 5.71. The summed E-state index contributed by atoms with van der Waals surface area (Å²) in [6.07, 6.45) is 55.2. The molecule has 336 valence electrons. The second kappa shape index (κ2) is 47.1. The lowest BCUT2D eigenvalue weighted by Crippen LogP contribution is -2.30. The highest BCUT2D eigenvalue weighted by atomic mass is 16.6. The van der Waals surface area contributed by atoms with Crippen molar-refractivity contribution < 1.29 is 28.6 Å². The quantitative estimate of drug-likeness (QED) is 0.0264. The molecule has 0 heterocycles. The molecule has 1 unspecified atom stereocenters. The van der Waals surface area contributed by atoms with Gasteiger partial charge in [-0.2, -0.15) is 0 Å². The van der Waals surface area contributed by atoms with Crippen LogP contribution in [0.5, 0.6) is 0 Å². The average molecular weight is 813 g/mol. The summed E-state index contributed by atoms with van der Waals surface area (Å²) in [5.74, 6) is -0.916. The predicted octanol–water partition coefficient (Wildman–Crippen LogP) is 15.9. The molecule has 0 saturated heterocycles. The van der Waals surface area contributed by atoms with Crippen molar-refractivity contribution in [1.29, 1.82) is 0 Å². The van der Waals surface area contributed by atoms with Gasteiger partial charge in [0.15, 0.2) is 6.10 Å². The lowest BCUT2D eigenvalue weighted by Gasteiger charge is -2.18. The van der Waals surface area contributed by atoms with Crippen molar-refractivity contribution in [3.63, 3.8) is 0 Å². The summed E-state index contributed by atoms with van der Waals surface area (Å²) >= 11 is 0. The van der Waals surface area contributed by atoms with Crippen LogP contribution in [0.15, 0.2) is 48.6 Å². The summed E-state index contributed by atoms with van der Waals surface area (Å²) in [5.41, 5.74) is 0. The van der Waals surface area contributed by atoms with Gasteiger partial charge in [0.05, 0.1) is 0 Å². The second-order valence-electron chi connectivity index (χ2n) is 16.3. The zero-order chi connectivity index (χ0) is 42.3. The summed E-state index contributed by atoms with van der Waals surface area (Å²) in [4.78, 5) is 37.9. The number of hydrogen-bond donors (Lipinski definition) is 0. The largest absolute Gasteiger partial charge is 0.462 e. The van der Waals surface area contributed by atoms with E-state index in [0.29, 0.717) is 19.3 Å². The van der Waals surface area contributed by atoms with Crippen LogP contribution in [0, 0.1) is 0 Å². The van der Waals surface area contributed by atoms with Crippen molar-refractivity contribution in [1.82, 2.24) is 0 Å². The Balaban J connectivity index is 4.41. The fourth-order valence-corrected chi connectivity index (χ4v) is 6.82. The van der Waals surface area contributed by atoms with Crippen molar-refractivity contribution in [3.8, 4) is 0 Å². The molecule has 0 bridgehead atoms. The molecule has 0 N–H and O–H groups in total. The molecule has 0 aromatic heterocycles. The highest BCUT2D eigenvalue weighted by Gasteiger charge is 2.19. The van der Waals surface area contributed by atoms with E-state index in [2.05, 4.69) is 69.4 Å². The Hall–Kier alpha value is -2.63. The number of unbranched alkanes of at least 4 members (excludes halogenated alkanes) is 25. The zero-order valence-electron chi connectivity index (χ0n) is 38.3. The van der Waals surface area contributed by atoms with Crippen LogP contribution in [0.4, 0.5) is 0 Å². The van der Waals surface area contributed by atoms with Crippen LogP contribution in [0.25, 0.3) is 0 Å². The van der Waals surface area contributed by atoms with E-state index < -0.39 is 6.10 Å². The number of carbonyl (C=O) groups excluding carboxylic acids is 3. The molecule has 6 heteroatoms. The minimum Gasteiger partial charge on any atom is -0.462 e.